The van der Waals surface area contributed by atoms with Crippen molar-refractivity contribution in [2.75, 3.05) is 19.0 Å². The molecule has 0 bridgehead atoms. The lowest BCUT2D eigenvalue weighted by Gasteiger charge is -2.06. The number of nitrogens with one attached hydrogen (secondary N) is 2. The number of carbonyl (C=O) groups is 3. The van der Waals surface area contributed by atoms with Crippen LogP contribution in [0.3, 0.4) is 0 Å². The van der Waals surface area contributed by atoms with E-state index in [-0.39, 0.29) is 6.61 Å². The topological polar surface area (TPSA) is 106 Å². The van der Waals surface area contributed by atoms with Crippen molar-refractivity contribution >= 4 is 29.7 Å². The molecule has 0 fully saturated rings. The van der Waals surface area contributed by atoms with E-state index in [1.807, 2.05) is 0 Å². The first-order valence-corrected chi connectivity index (χ1v) is 8.09. The van der Waals surface area contributed by atoms with Gasteiger partial charge in [-0.1, -0.05) is 12.1 Å². The molecule has 0 aliphatic heterocycles. The van der Waals surface area contributed by atoms with Crippen molar-refractivity contribution in [1.82, 2.24) is 5.43 Å². The average molecular weight is 369 g/mol. The molecule has 2 N–H and O–H groups in total. The first-order valence-electron chi connectivity index (χ1n) is 8.09. The van der Waals surface area contributed by atoms with Crippen molar-refractivity contribution in [2.45, 2.75) is 6.92 Å². The number of para-hydroxylation sites is 1. The van der Waals surface area contributed by atoms with Crippen LogP contribution in [-0.4, -0.2) is 37.7 Å². The van der Waals surface area contributed by atoms with Crippen LogP contribution in [0.25, 0.3) is 0 Å². The van der Waals surface area contributed by atoms with E-state index in [9.17, 15) is 14.4 Å². The molecule has 2 amide bonds. The summed E-state index contributed by atoms with van der Waals surface area (Å²) in [7, 11) is 1.52. The van der Waals surface area contributed by atoms with E-state index in [1.165, 1.54) is 37.6 Å². The molecule has 0 aromatic heterocycles. The van der Waals surface area contributed by atoms with Gasteiger partial charge in [-0.2, -0.15) is 5.10 Å². The summed E-state index contributed by atoms with van der Waals surface area (Å²) in [6.45, 7) is 1.98. The Balaban J connectivity index is 1.91. The summed E-state index contributed by atoms with van der Waals surface area (Å²) in [5.74, 6) is -1.70. The molecule has 140 valence electrons. The predicted octanol–water partition coefficient (Wildman–Crippen LogP) is 1.96. The Bertz CT molecular complexity index is 847. The maximum Gasteiger partial charge on any atom is 0.338 e. The normalized spacial score (nSPS) is 10.3. The Labute approximate surface area is 156 Å². The van der Waals surface area contributed by atoms with Gasteiger partial charge in [0.15, 0.2) is 0 Å². The van der Waals surface area contributed by atoms with E-state index in [0.29, 0.717) is 22.6 Å². The molecule has 0 heterocycles. The molecule has 2 rings (SSSR count). The lowest BCUT2D eigenvalue weighted by atomic mass is 10.2. The summed E-state index contributed by atoms with van der Waals surface area (Å²) < 4.78 is 10.0. The lowest BCUT2D eigenvalue weighted by molar-refractivity contribution is -0.136. The zero-order valence-electron chi connectivity index (χ0n) is 14.9. The quantitative estimate of drug-likeness (QED) is 0.350. The number of nitrogens with zero attached hydrogens (tertiary/aromatic N) is 1. The zero-order chi connectivity index (χ0) is 19.6. The number of anilines is 1. The molecular formula is C19H19N3O5. The van der Waals surface area contributed by atoms with E-state index in [2.05, 4.69) is 15.8 Å². The van der Waals surface area contributed by atoms with Gasteiger partial charge >= 0.3 is 17.8 Å². The molecule has 0 spiro atoms. The van der Waals surface area contributed by atoms with Crippen molar-refractivity contribution in [3.05, 3.63) is 59.7 Å². The third kappa shape index (κ3) is 5.67. The summed E-state index contributed by atoms with van der Waals surface area (Å²) in [5, 5.41) is 6.15. The standard InChI is InChI=1S/C19H19N3O5/c1-3-27-19(25)13-8-10-15(11-9-13)21-17(23)18(24)22-20-12-14-6-4-5-7-16(14)26-2/h4-12H,3H2,1-2H3,(H,21,23)(H,22,24)/b20-12-. The van der Waals surface area contributed by atoms with Gasteiger partial charge in [-0.25, -0.2) is 10.2 Å². The van der Waals surface area contributed by atoms with Gasteiger partial charge < -0.3 is 14.8 Å². The third-order valence-corrected chi connectivity index (χ3v) is 3.37. The highest BCUT2D eigenvalue weighted by Crippen LogP contribution is 2.14. The molecule has 2 aromatic carbocycles. The van der Waals surface area contributed by atoms with Gasteiger partial charge in [-0.15, -0.1) is 0 Å². The first kappa shape index (κ1) is 19.6. The van der Waals surface area contributed by atoms with Crippen LogP contribution in [0.5, 0.6) is 5.75 Å². The molecule has 8 nitrogen and oxygen atoms in total. The maximum absolute atomic E-state index is 11.9. The van der Waals surface area contributed by atoms with Gasteiger partial charge in [0, 0.05) is 11.3 Å². The van der Waals surface area contributed by atoms with Crippen molar-refractivity contribution in [3.63, 3.8) is 0 Å². The van der Waals surface area contributed by atoms with E-state index in [0.717, 1.165) is 0 Å². The highest BCUT2D eigenvalue weighted by Gasteiger charge is 2.13. The predicted molar refractivity (Wildman–Crippen MR) is 99.8 cm³/mol. The first-order chi connectivity index (χ1) is 13.0. The van der Waals surface area contributed by atoms with Crippen LogP contribution >= 0.6 is 0 Å². The summed E-state index contributed by atoms with van der Waals surface area (Å²) in [6, 6.07) is 13.1. The fourth-order valence-electron chi connectivity index (χ4n) is 2.08. The number of benzene rings is 2. The van der Waals surface area contributed by atoms with E-state index in [1.54, 1.807) is 31.2 Å². The molecule has 2 aromatic rings. The zero-order valence-corrected chi connectivity index (χ0v) is 14.9. The monoisotopic (exact) mass is 369 g/mol. The second kappa shape index (κ2) is 9.71. The van der Waals surface area contributed by atoms with Gasteiger partial charge in [-0.3, -0.25) is 9.59 Å². The number of esters is 1. The van der Waals surface area contributed by atoms with Gasteiger partial charge in [0.05, 0.1) is 25.5 Å². The number of rotatable bonds is 6. The Kier molecular flexibility index (Phi) is 7.07. The fraction of sp³-hybridized carbons (Fsp3) is 0.158. The summed E-state index contributed by atoms with van der Waals surface area (Å²) in [6.07, 6.45) is 1.37. The minimum Gasteiger partial charge on any atom is -0.496 e. The van der Waals surface area contributed by atoms with Crippen molar-refractivity contribution in [2.24, 2.45) is 5.10 Å². The van der Waals surface area contributed by atoms with E-state index >= 15 is 0 Å². The Morgan fingerprint density at radius 3 is 2.41 bits per heavy atom. The molecule has 0 saturated heterocycles. The highest BCUT2D eigenvalue weighted by atomic mass is 16.5. The summed E-state index contributed by atoms with van der Waals surface area (Å²) in [4.78, 5) is 35.3. The average Bonchev–Trinajstić information content (AvgIpc) is 2.69. The van der Waals surface area contributed by atoms with Crippen LogP contribution in [-0.2, 0) is 14.3 Å². The van der Waals surface area contributed by atoms with Crippen LogP contribution in [0.15, 0.2) is 53.6 Å². The summed E-state index contributed by atoms with van der Waals surface area (Å²) in [5.41, 5.74) is 3.49. The Morgan fingerprint density at radius 2 is 1.74 bits per heavy atom. The summed E-state index contributed by atoms with van der Waals surface area (Å²) >= 11 is 0. The number of carbonyl (C=O) groups excluding carboxylic acids is 3. The molecule has 0 aliphatic carbocycles. The smallest absolute Gasteiger partial charge is 0.338 e. The van der Waals surface area contributed by atoms with Gasteiger partial charge in [0.1, 0.15) is 5.75 Å². The number of hydrogen-bond acceptors (Lipinski definition) is 6. The van der Waals surface area contributed by atoms with Crippen LogP contribution < -0.4 is 15.5 Å². The number of hydrazone groups is 1. The maximum atomic E-state index is 11.9. The SMILES string of the molecule is CCOC(=O)c1ccc(NC(=O)C(=O)N/N=C\c2ccccc2OC)cc1. The molecule has 0 radical (unpaired) electrons. The van der Waals surface area contributed by atoms with Gasteiger partial charge in [0.25, 0.3) is 0 Å². The van der Waals surface area contributed by atoms with Crippen LogP contribution in [0.2, 0.25) is 0 Å². The number of hydrogen-bond donors (Lipinski definition) is 2. The minimum atomic E-state index is -0.935. The second-order valence-electron chi connectivity index (χ2n) is 5.19. The highest BCUT2D eigenvalue weighted by molar-refractivity contribution is 6.39. The van der Waals surface area contributed by atoms with Gasteiger partial charge in [0.2, 0.25) is 0 Å². The number of methoxy groups -OCH3 is 1. The van der Waals surface area contributed by atoms with Crippen LogP contribution in [0.1, 0.15) is 22.8 Å². The van der Waals surface area contributed by atoms with Crippen molar-refractivity contribution in [1.29, 1.82) is 0 Å². The molecule has 0 unspecified atom stereocenters. The molecule has 0 aliphatic rings. The molecule has 0 atom stereocenters. The molecule has 8 heteroatoms. The van der Waals surface area contributed by atoms with Crippen LogP contribution in [0.4, 0.5) is 5.69 Å². The van der Waals surface area contributed by atoms with Crippen molar-refractivity contribution in [3.8, 4) is 5.75 Å². The molecule has 27 heavy (non-hydrogen) atoms. The Morgan fingerprint density at radius 1 is 1.04 bits per heavy atom. The second-order valence-corrected chi connectivity index (χ2v) is 5.19. The van der Waals surface area contributed by atoms with Crippen molar-refractivity contribution < 1.29 is 23.9 Å². The Hall–Kier alpha value is -3.68. The largest absolute Gasteiger partial charge is 0.496 e. The van der Waals surface area contributed by atoms with E-state index < -0.39 is 17.8 Å². The van der Waals surface area contributed by atoms with Crippen LogP contribution in [0, 0.1) is 0 Å². The van der Waals surface area contributed by atoms with E-state index in [4.69, 9.17) is 9.47 Å². The molecular weight excluding hydrogens is 350 g/mol. The third-order valence-electron chi connectivity index (χ3n) is 3.37. The lowest BCUT2D eigenvalue weighted by Crippen LogP contribution is -2.32. The van der Waals surface area contributed by atoms with Gasteiger partial charge in [-0.05, 0) is 43.3 Å². The number of amides is 2. The fourth-order valence-corrected chi connectivity index (χ4v) is 2.08. The number of ether oxygens (including phenoxy) is 2. The molecule has 0 saturated carbocycles. The minimum absolute atomic E-state index is 0.271.